The van der Waals surface area contributed by atoms with Gasteiger partial charge < -0.3 is 21.3 Å². The Labute approximate surface area is 176 Å². The molecule has 0 rings (SSSR count). The van der Waals surface area contributed by atoms with E-state index in [-0.39, 0.29) is 40.1 Å². The van der Waals surface area contributed by atoms with Crippen molar-refractivity contribution in [2.75, 3.05) is 0 Å². The molecule has 0 aliphatic heterocycles. The molecule has 0 fully saturated rings. The molecule has 0 radical (unpaired) electrons. The summed E-state index contributed by atoms with van der Waals surface area (Å²) < 4.78 is 0. The Balaban J connectivity index is -0.000000332. The van der Waals surface area contributed by atoms with E-state index in [1.807, 2.05) is 6.92 Å². The third-order valence-electron chi connectivity index (χ3n) is 3.85. The molecule has 0 unspecified atom stereocenters. The third kappa shape index (κ3) is 39.7. The number of hydrogen-bond acceptors (Lipinski definition) is 0. The second-order valence-corrected chi connectivity index (χ2v) is 6.30. The SMILES string of the molecule is [CH2-]CC.[CH2-]CCCCCCCCCCCCCCCCC.[CH3-].[Y+3]. The van der Waals surface area contributed by atoms with Gasteiger partial charge in [-0.05, 0) is 0 Å². The minimum atomic E-state index is 0. The van der Waals surface area contributed by atoms with Gasteiger partial charge in [-0.2, -0.15) is 12.8 Å². The van der Waals surface area contributed by atoms with E-state index < -0.39 is 0 Å². The average Bonchev–Trinajstić information content (AvgIpc) is 2.48. The van der Waals surface area contributed by atoms with E-state index in [1.165, 1.54) is 96.3 Å². The Kier molecular flexibility index (Phi) is 47.7. The molecular formula is C22H47Y. The maximum atomic E-state index is 3.88. The molecule has 0 aliphatic rings. The topological polar surface area (TPSA) is 0 Å². The van der Waals surface area contributed by atoms with Crippen LogP contribution in [0.5, 0.6) is 0 Å². The molecule has 23 heavy (non-hydrogen) atoms. The third-order valence-corrected chi connectivity index (χ3v) is 3.85. The van der Waals surface area contributed by atoms with Crippen molar-refractivity contribution >= 4 is 0 Å². The molecule has 0 amide bonds. The molecule has 0 aromatic carbocycles. The fourth-order valence-electron chi connectivity index (χ4n) is 2.55. The van der Waals surface area contributed by atoms with Gasteiger partial charge in [0.15, 0.2) is 0 Å². The summed E-state index contributed by atoms with van der Waals surface area (Å²) in [6, 6.07) is 0. The summed E-state index contributed by atoms with van der Waals surface area (Å²) in [5.74, 6) is 0. The fraction of sp³-hybridized carbons (Fsp3) is 0.864. The quantitative estimate of drug-likeness (QED) is 0.190. The van der Waals surface area contributed by atoms with Crippen LogP contribution in [0.2, 0.25) is 0 Å². The zero-order chi connectivity index (χ0) is 16.0. The van der Waals surface area contributed by atoms with Crippen LogP contribution in [-0.4, -0.2) is 0 Å². The summed E-state index contributed by atoms with van der Waals surface area (Å²) in [6.07, 6.45) is 23.8. The molecule has 0 N–H and O–H groups in total. The maximum Gasteiger partial charge on any atom is 3.00 e. The Morgan fingerprint density at radius 3 is 0.913 bits per heavy atom. The van der Waals surface area contributed by atoms with Crippen LogP contribution >= 0.6 is 0 Å². The molecule has 0 aromatic heterocycles. The maximum absolute atomic E-state index is 3.88. The van der Waals surface area contributed by atoms with Crippen molar-refractivity contribution in [1.29, 1.82) is 0 Å². The van der Waals surface area contributed by atoms with Crippen molar-refractivity contribution in [3.8, 4) is 0 Å². The minimum Gasteiger partial charge on any atom is -0.358 e. The van der Waals surface area contributed by atoms with Gasteiger partial charge in [0, 0.05) is 0 Å². The van der Waals surface area contributed by atoms with Gasteiger partial charge in [0.25, 0.3) is 0 Å². The molecule has 0 bridgehead atoms. The van der Waals surface area contributed by atoms with Crippen molar-refractivity contribution in [3.63, 3.8) is 0 Å². The number of unbranched alkanes of at least 4 members (excludes halogenated alkanes) is 15. The van der Waals surface area contributed by atoms with Gasteiger partial charge in [0.2, 0.25) is 0 Å². The van der Waals surface area contributed by atoms with Gasteiger partial charge in [-0.25, -0.2) is 0 Å². The predicted molar refractivity (Wildman–Crippen MR) is 107 cm³/mol. The molecule has 0 aromatic rings. The summed E-state index contributed by atoms with van der Waals surface area (Å²) in [5, 5.41) is 0. The minimum absolute atomic E-state index is 0. The first-order valence-electron chi connectivity index (χ1n) is 9.91. The van der Waals surface area contributed by atoms with E-state index in [2.05, 4.69) is 20.8 Å². The van der Waals surface area contributed by atoms with Crippen molar-refractivity contribution in [2.24, 2.45) is 0 Å². The molecular weight excluding hydrogens is 353 g/mol. The van der Waals surface area contributed by atoms with E-state index in [0.717, 1.165) is 12.8 Å². The standard InChI is InChI=1S/C18H37.C3H7.CH3.Y/c1-3-5-7-9-11-13-15-17-18-16-14-12-10-8-6-4-2;1-3-2;;/h1,3-18H2,2H3;1,3H2,2H3;1H3;/q3*-1;+3. The summed E-state index contributed by atoms with van der Waals surface area (Å²) in [4.78, 5) is 0. The second kappa shape index (κ2) is 34.4. The summed E-state index contributed by atoms with van der Waals surface area (Å²) in [7, 11) is 0. The van der Waals surface area contributed by atoms with E-state index in [4.69, 9.17) is 0 Å². The first-order chi connectivity index (χ1) is 10.3. The van der Waals surface area contributed by atoms with E-state index in [9.17, 15) is 0 Å². The molecule has 1 heteroatoms. The van der Waals surface area contributed by atoms with Crippen LogP contribution in [-0.2, 0) is 32.7 Å². The second-order valence-electron chi connectivity index (χ2n) is 6.30. The first-order valence-corrected chi connectivity index (χ1v) is 9.91. The monoisotopic (exact) mass is 400 g/mol. The van der Waals surface area contributed by atoms with E-state index in [0.29, 0.717) is 0 Å². The fourth-order valence-corrected chi connectivity index (χ4v) is 2.55. The van der Waals surface area contributed by atoms with Crippen LogP contribution in [0.25, 0.3) is 0 Å². The van der Waals surface area contributed by atoms with Gasteiger partial charge in [-0.15, -0.1) is 0 Å². The molecule has 0 saturated carbocycles. The van der Waals surface area contributed by atoms with E-state index >= 15 is 0 Å². The van der Waals surface area contributed by atoms with Crippen LogP contribution in [0, 0.1) is 21.3 Å². The van der Waals surface area contributed by atoms with Crippen molar-refractivity contribution < 1.29 is 32.7 Å². The van der Waals surface area contributed by atoms with Crippen LogP contribution in [0.3, 0.4) is 0 Å². The average molecular weight is 401 g/mol. The van der Waals surface area contributed by atoms with Crippen LogP contribution < -0.4 is 0 Å². The summed E-state index contributed by atoms with van der Waals surface area (Å²) in [5.41, 5.74) is 0. The van der Waals surface area contributed by atoms with E-state index in [1.54, 1.807) is 0 Å². The van der Waals surface area contributed by atoms with Crippen molar-refractivity contribution in [3.05, 3.63) is 21.3 Å². The molecule has 0 saturated heterocycles. The smallest absolute Gasteiger partial charge is 0.358 e. The van der Waals surface area contributed by atoms with Gasteiger partial charge in [0.1, 0.15) is 0 Å². The Morgan fingerprint density at radius 1 is 0.478 bits per heavy atom. The molecule has 0 aliphatic carbocycles. The molecule has 0 heterocycles. The Hall–Kier alpha value is 1.10. The normalized spacial score (nSPS) is 9.39. The summed E-state index contributed by atoms with van der Waals surface area (Å²) >= 11 is 0. The summed E-state index contributed by atoms with van der Waals surface area (Å²) in [6.45, 7) is 11.7. The molecule has 0 spiro atoms. The number of rotatable bonds is 15. The molecule has 138 valence electrons. The van der Waals surface area contributed by atoms with Gasteiger partial charge in [0.05, 0.1) is 0 Å². The van der Waals surface area contributed by atoms with Crippen molar-refractivity contribution in [2.45, 2.75) is 123 Å². The predicted octanol–water partition coefficient (Wildman–Crippen LogP) is 8.76. The van der Waals surface area contributed by atoms with Crippen LogP contribution in [0.15, 0.2) is 0 Å². The largest absolute Gasteiger partial charge is 3.00 e. The molecule has 0 nitrogen and oxygen atoms in total. The van der Waals surface area contributed by atoms with Crippen molar-refractivity contribution in [1.82, 2.24) is 0 Å². The van der Waals surface area contributed by atoms with Crippen LogP contribution in [0.4, 0.5) is 0 Å². The van der Waals surface area contributed by atoms with Gasteiger partial charge >= 0.3 is 32.7 Å². The Morgan fingerprint density at radius 2 is 0.696 bits per heavy atom. The zero-order valence-corrected chi connectivity index (χ0v) is 19.9. The number of hydrogen-bond donors (Lipinski definition) is 0. The zero-order valence-electron chi connectivity index (χ0n) is 17.0. The Bertz CT molecular complexity index is 129. The molecule has 0 atom stereocenters. The van der Waals surface area contributed by atoms with Gasteiger partial charge in [-0.3, -0.25) is 0 Å². The first kappa shape index (κ1) is 31.8. The van der Waals surface area contributed by atoms with Crippen LogP contribution in [0.1, 0.15) is 123 Å². The van der Waals surface area contributed by atoms with Gasteiger partial charge in [-0.1, -0.05) is 110 Å².